The standard InChI is InChI=1S/C29H39N5O13P2/c1-28(2)44-20-17(42-26(22(20)46-28)34-14-33-19-24(30)31-13-32-25(19)34)11-40-48(35,36)15-49(37,38)41-12-18-21-23(47-29(3,4)45-21)27(43-18)39-10-16-8-6-5-7-9-16/h5-9,13-14,17-18,20-23,26-27H,10-12,15H2,1-4H3,(H,35,36)(H,37,38)(H2,30,31,32)/t17-,18-,20+,21+,22?,23?,26-,27-/m1/s1. The van der Waals surface area contributed by atoms with Gasteiger partial charge in [0.2, 0.25) is 0 Å². The zero-order chi connectivity index (χ0) is 34.8. The molecule has 0 bridgehead atoms. The van der Waals surface area contributed by atoms with Crippen LogP contribution in [0.1, 0.15) is 39.5 Å². The van der Waals surface area contributed by atoms with E-state index in [1.54, 1.807) is 32.3 Å². The molecule has 1 aromatic carbocycles. The first-order chi connectivity index (χ1) is 23.1. The monoisotopic (exact) mass is 727 g/mol. The van der Waals surface area contributed by atoms with E-state index in [0.717, 1.165) is 5.56 Å². The summed E-state index contributed by atoms with van der Waals surface area (Å²) in [4.78, 5) is 33.8. The van der Waals surface area contributed by atoms with Crippen LogP contribution in [-0.2, 0) is 57.9 Å². The van der Waals surface area contributed by atoms with Crippen molar-refractivity contribution < 1.29 is 61.1 Å². The van der Waals surface area contributed by atoms with Crippen LogP contribution in [0.15, 0.2) is 43.0 Å². The Morgan fingerprint density at radius 3 is 2.10 bits per heavy atom. The van der Waals surface area contributed by atoms with Gasteiger partial charge in [0.05, 0.1) is 26.1 Å². The molecule has 18 nitrogen and oxygen atoms in total. The Kier molecular flexibility index (Phi) is 9.27. The lowest BCUT2D eigenvalue weighted by molar-refractivity contribution is -0.238. The minimum absolute atomic E-state index is 0.183. The minimum atomic E-state index is -4.71. The van der Waals surface area contributed by atoms with E-state index in [-0.39, 0.29) is 12.4 Å². The number of fused-ring (bicyclic) bond motifs is 3. The molecule has 10 atom stereocenters. The van der Waals surface area contributed by atoms with E-state index in [1.165, 1.54) is 12.7 Å². The molecule has 268 valence electrons. The highest BCUT2D eigenvalue weighted by molar-refractivity contribution is 7.70. The molecule has 0 aliphatic carbocycles. The Labute approximate surface area is 281 Å². The number of ether oxygens (including phenoxy) is 7. The van der Waals surface area contributed by atoms with Gasteiger partial charge in [0.1, 0.15) is 48.5 Å². The first-order valence-corrected chi connectivity index (χ1v) is 19.1. The van der Waals surface area contributed by atoms with Gasteiger partial charge in [-0.25, -0.2) is 15.0 Å². The number of anilines is 1. The summed E-state index contributed by atoms with van der Waals surface area (Å²) < 4.78 is 80.6. The molecule has 2 aromatic heterocycles. The van der Waals surface area contributed by atoms with Crippen LogP contribution in [0.3, 0.4) is 0 Å². The van der Waals surface area contributed by atoms with Gasteiger partial charge in [0, 0.05) is 0 Å². The molecule has 4 fully saturated rings. The number of nitrogen functional groups attached to an aromatic ring is 1. The van der Waals surface area contributed by atoms with E-state index in [0.29, 0.717) is 11.2 Å². The molecule has 4 N–H and O–H groups in total. The zero-order valence-corrected chi connectivity index (χ0v) is 28.9. The molecule has 0 saturated carbocycles. The Balaban J connectivity index is 0.967. The largest absolute Gasteiger partial charge is 0.382 e. The third-order valence-corrected chi connectivity index (χ3v) is 12.4. The van der Waals surface area contributed by atoms with Crippen LogP contribution in [0.2, 0.25) is 0 Å². The van der Waals surface area contributed by atoms with Gasteiger partial charge in [-0.3, -0.25) is 13.7 Å². The van der Waals surface area contributed by atoms with Gasteiger partial charge in [0.15, 0.2) is 41.5 Å². The SMILES string of the molecule is CC1(C)OC2[C@H](OCc3ccccc3)O[C@H](COP(=O)(O)CP(=O)(O)OC[C@H]3O[C@@H](n4cnc5c(N)ncnc54)C4OC(C)(C)O[C@H]43)[C@@H]2O1. The van der Waals surface area contributed by atoms with E-state index in [2.05, 4.69) is 15.0 Å². The highest BCUT2D eigenvalue weighted by Gasteiger charge is 2.58. The van der Waals surface area contributed by atoms with Crippen molar-refractivity contribution in [1.82, 2.24) is 19.5 Å². The molecule has 0 amide bonds. The number of nitrogens with zero attached hydrogens (tertiary/aromatic N) is 4. The molecule has 6 heterocycles. The summed E-state index contributed by atoms with van der Waals surface area (Å²) in [6.45, 7) is 6.24. The van der Waals surface area contributed by atoms with Crippen molar-refractivity contribution in [2.45, 2.75) is 95.0 Å². The molecule has 4 unspecified atom stereocenters. The van der Waals surface area contributed by atoms with Crippen LogP contribution in [0.5, 0.6) is 0 Å². The fraction of sp³-hybridized carbons (Fsp3) is 0.621. The number of imidazole rings is 1. The maximum absolute atomic E-state index is 13.1. The predicted molar refractivity (Wildman–Crippen MR) is 168 cm³/mol. The number of benzene rings is 1. The summed E-state index contributed by atoms with van der Waals surface area (Å²) in [5, 5.41) is 0. The van der Waals surface area contributed by atoms with Crippen molar-refractivity contribution in [2.75, 3.05) is 24.9 Å². The molecule has 7 rings (SSSR count). The van der Waals surface area contributed by atoms with Gasteiger partial charge in [-0.05, 0) is 33.3 Å². The van der Waals surface area contributed by atoms with E-state index in [9.17, 15) is 18.9 Å². The van der Waals surface area contributed by atoms with Crippen LogP contribution in [-0.4, -0.2) is 103 Å². The second-order valence-electron chi connectivity index (χ2n) is 13.1. The van der Waals surface area contributed by atoms with Gasteiger partial charge in [0.25, 0.3) is 0 Å². The molecule has 4 saturated heterocycles. The Morgan fingerprint density at radius 2 is 1.43 bits per heavy atom. The molecular formula is C29H39N5O13P2. The maximum atomic E-state index is 13.1. The number of hydrogen-bond donors (Lipinski definition) is 3. The quantitative estimate of drug-likeness (QED) is 0.228. The first-order valence-electron chi connectivity index (χ1n) is 15.6. The average Bonchev–Trinajstić information content (AvgIpc) is 3.80. The topological polar surface area (TPSA) is 227 Å². The van der Waals surface area contributed by atoms with Gasteiger partial charge in [-0.1, -0.05) is 30.3 Å². The smallest absolute Gasteiger partial charge is 0.340 e. The number of rotatable bonds is 12. The van der Waals surface area contributed by atoms with E-state index in [1.807, 2.05) is 30.3 Å². The summed E-state index contributed by atoms with van der Waals surface area (Å²) in [6, 6.07) is 9.46. The van der Waals surface area contributed by atoms with Crippen molar-refractivity contribution in [3.05, 3.63) is 48.5 Å². The molecule has 49 heavy (non-hydrogen) atoms. The van der Waals surface area contributed by atoms with Crippen molar-refractivity contribution in [3.8, 4) is 0 Å². The lowest BCUT2D eigenvalue weighted by Gasteiger charge is -2.25. The summed E-state index contributed by atoms with van der Waals surface area (Å²) in [6.07, 6.45) is -3.38. The Morgan fingerprint density at radius 1 is 0.837 bits per heavy atom. The highest BCUT2D eigenvalue weighted by Crippen LogP contribution is 2.59. The van der Waals surface area contributed by atoms with Crippen LogP contribution < -0.4 is 5.73 Å². The van der Waals surface area contributed by atoms with Gasteiger partial charge in [-0.15, -0.1) is 0 Å². The molecule has 4 aliphatic rings. The first kappa shape index (κ1) is 35.0. The predicted octanol–water partition coefficient (Wildman–Crippen LogP) is 2.65. The number of aromatic nitrogens is 4. The molecule has 3 aromatic rings. The lowest BCUT2D eigenvalue weighted by atomic mass is 10.1. The van der Waals surface area contributed by atoms with Gasteiger partial charge in [-0.2, -0.15) is 0 Å². The van der Waals surface area contributed by atoms with Gasteiger partial charge >= 0.3 is 15.2 Å². The number of hydrogen-bond acceptors (Lipinski definition) is 15. The fourth-order valence-corrected chi connectivity index (χ4v) is 9.64. The zero-order valence-electron chi connectivity index (χ0n) is 27.1. The molecule has 20 heteroatoms. The van der Waals surface area contributed by atoms with Crippen LogP contribution in [0.4, 0.5) is 5.82 Å². The molecular weight excluding hydrogens is 688 g/mol. The van der Waals surface area contributed by atoms with Crippen molar-refractivity contribution in [2.24, 2.45) is 0 Å². The third kappa shape index (κ3) is 7.48. The van der Waals surface area contributed by atoms with Crippen LogP contribution >= 0.6 is 15.2 Å². The van der Waals surface area contributed by atoms with Crippen molar-refractivity contribution >= 4 is 32.2 Å². The second-order valence-corrected chi connectivity index (χ2v) is 17.3. The Hall–Kier alpha value is -2.41. The second kappa shape index (κ2) is 13.0. The summed E-state index contributed by atoms with van der Waals surface area (Å²) in [7, 11) is -9.41. The summed E-state index contributed by atoms with van der Waals surface area (Å²) in [5.41, 5.74) is 7.61. The van der Waals surface area contributed by atoms with Crippen LogP contribution in [0, 0.1) is 0 Å². The van der Waals surface area contributed by atoms with E-state index in [4.69, 9.17) is 47.9 Å². The van der Waals surface area contributed by atoms with Gasteiger partial charge < -0.3 is 57.7 Å². The Bertz CT molecular complexity index is 1760. The summed E-state index contributed by atoms with van der Waals surface area (Å²) in [5.74, 6) is -2.97. The van der Waals surface area contributed by atoms with Crippen LogP contribution in [0.25, 0.3) is 11.2 Å². The summed E-state index contributed by atoms with van der Waals surface area (Å²) >= 11 is 0. The third-order valence-electron chi connectivity index (χ3n) is 8.39. The lowest BCUT2D eigenvalue weighted by Crippen LogP contribution is -2.33. The normalized spacial score (nSPS) is 34.1. The number of nitrogens with two attached hydrogens (primary N) is 1. The molecule has 0 radical (unpaired) electrons. The van der Waals surface area contributed by atoms with E-state index >= 15 is 0 Å². The fourth-order valence-electron chi connectivity index (χ4n) is 6.42. The molecule has 0 spiro atoms. The van der Waals surface area contributed by atoms with E-state index < -0.39 is 95.0 Å². The van der Waals surface area contributed by atoms with Crippen molar-refractivity contribution in [3.63, 3.8) is 0 Å². The average molecular weight is 728 g/mol. The highest BCUT2D eigenvalue weighted by atomic mass is 31.2. The maximum Gasteiger partial charge on any atom is 0.340 e. The molecule has 4 aliphatic heterocycles. The van der Waals surface area contributed by atoms with Crippen molar-refractivity contribution in [1.29, 1.82) is 0 Å². The minimum Gasteiger partial charge on any atom is -0.382 e.